The average Bonchev–Trinajstić information content (AvgIpc) is 3.37. The molecule has 0 saturated carbocycles. The molecule has 1 unspecified atom stereocenters. The smallest absolute Gasteiger partial charge is 0.306 e. The van der Waals surface area contributed by atoms with Gasteiger partial charge in [0.05, 0.1) is 0 Å². The van der Waals surface area contributed by atoms with Crippen LogP contribution < -0.4 is 0 Å². The fourth-order valence-electron chi connectivity index (χ4n) is 8.79. The van der Waals surface area contributed by atoms with Gasteiger partial charge in [-0.1, -0.05) is 248 Å². The highest BCUT2D eigenvalue weighted by Crippen LogP contribution is 2.16. The van der Waals surface area contributed by atoms with Gasteiger partial charge in [-0.2, -0.15) is 0 Å². The van der Waals surface area contributed by atoms with Gasteiger partial charge in [-0.25, -0.2) is 0 Å². The summed E-state index contributed by atoms with van der Waals surface area (Å²) in [5.41, 5.74) is 0. The number of carbonyl (C=O) groups excluding carboxylic acids is 3. The number of ether oxygens (including phenoxy) is 3. The van der Waals surface area contributed by atoms with Crippen molar-refractivity contribution >= 4 is 17.9 Å². The molecule has 0 saturated heterocycles. The molecule has 0 heterocycles. The van der Waals surface area contributed by atoms with Crippen molar-refractivity contribution in [1.82, 2.24) is 0 Å². The molecule has 71 heavy (non-hydrogen) atoms. The van der Waals surface area contributed by atoms with Crippen molar-refractivity contribution in [3.05, 3.63) is 60.8 Å². The molecule has 0 aliphatic rings. The summed E-state index contributed by atoms with van der Waals surface area (Å²) >= 11 is 0. The SMILES string of the molecule is CCCCC/C=C\C/C=C\C/C=C\CCCCCCCCC(=O)OC(COC(=O)CCCCCCC/C=C\CCCCCC)COC(=O)CCCCCCCCCCC/C=C\CCCCCCCCCC. The summed E-state index contributed by atoms with van der Waals surface area (Å²) in [6, 6.07) is 0. The molecular weight excluding hydrogens is 877 g/mol. The van der Waals surface area contributed by atoms with E-state index in [2.05, 4.69) is 81.5 Å². The first-order valence-corrected chi connectivity index (χ1v) is 30.8. The van der Waals surface area contributed by atoms with Crippen LogP contribution in [0.15, 0.2) is 60.8 Å². The standard InChI is InChI=1S/C65H116O6/c1-4-7-10-13-16-19-22-25-27-29-31-32-34-35-37-40-43-46-49-52-55-58-64(67)70-61-62(60-69-63(66)57-54-51-48-45-42-39-24-21-18-15-12-9-6-3)71-65(68)59-56-53-50-47-44-41-38-36-33-30-28-26-23-20-17-14-11-8-5-2/h17,20-21,24,26,28-29,31,33,36,62H,4-16,18-19,22-23,25,27,30,32,34-35,37-61H2,1-3H3/b20-17-,24-21-,28-26-,31-29-,36-33-. The molecule has 0 aromatic heterocycles. The summed E-state index contributed by atoms with van der Waals surface area (Å²) in [5.74, 6) is -0.892. The van der Waals surface area contributed by atoms with E-state index in [1.54, 1.807) is 0 Å². The number of unbranched alkanes of at least 4 members (excludes halogenated alkanes) is 35. The first kappa shape index (κ1) is 68.1. The molecular formula is C65H116O6. The minimum Gasteiger partial charge on any atom is -0.462 e. The number of hydrogen-bond donors (Lipinski definition) is 0. The predicted octanol–water partition coefficient (Wildman–Crippen LogP) is 20.8. The van der Waals surface area contributed by atoms with Gasteiger partial charge in [0, 0.05) is 19.3 Å². The van der Waals surface area contributed by atoms with Gasteiger partial charge < -0.3 is 14.2 Å². The first-order chi connectivity index (χ1) is 35.0. The Kier molecular flexibility index (Phi) is 57.2. The van der Waals surface area contributed by atoms with Gasteiger partial charge in [0.2, 0.25) is 0 Å². The molecule has 0 aromatic rings. The van der Waals surface area contributed by atoms with Gasteiger partial charge in [0.15, 0.2) is 6.10 Å². The van der Waals surface area contributed by atoms with E-state index < -0.39 is 6.10 Å². The minimum absolute atomic E-state index is 0.0820. The van der Waals surface area contributed by atoms with Crippen LogP contribution in [0.2, 0.25) is 0 Å². The zero-order chi connectivity index (χ0) is 51.4. The van der Waals surface area contributed by atoms with Crippen LogP contribution in [0.1, 0.15) is 316 Å². The molecule has 0 N–H and O–H groups in total. The monoisotopic (exact) mass is 993 g/mol. The molecule has 0 aliphatic heterocycles. The van der Waals surface area contributed by atoms with E-state index >= 15 is 0 Å². The van der Waals surface area contributed by atoms with Crippen LogP contribution in [0.4, 0.5) is 0 Å². The van der Waals surface area contributed by atoms with Gasteiger partial charge in [0.1, 0.15) is 13.2 Å². The molecule has 0 aromatic carbocycles. The van der Waals surface area contributed by atoms with E-state index in [0.717, 1.165) is 89.9 Å². The Morgan fingerprint density at radius 1 is 0.282 bits per heavy atom. The second kappa shape index (κ2) is 59.7. The summed E-state index contributed by atoms with van der Waals surface area (Å²) in [5, 5.41) is 0. The molecule has 0 spiro atoms. The lowest BCUT2D eigenvalue weighted by molar-refractivity contribution is -0.167. The fraction of sp³-hybridized carbons (Fsp3) is 0.800. The maximum Gasteiger partial charge on any atom is 0.306 e. The van der Waals surface area contributed by atoms with Crippen LogP contribution in [0.5, 0.6) is 0 Å². The van der Waals surface area contributed by atoms with E-state index in [9.17, 15) is 14.4 Å². The van der Waals surface area contributed by atoms with Crippen molar-refractivity contribution in [2.24, 2.45) is 0 Å². The average molecular weight is 994 g/mol. The molecule has 0 aliphatic carbocycles. The lowest BCUT2D eigenvalue weighted by Crippen LogP contribution is -2.30. The Morgan fingerprint density at radius 3 is 0.845 bits per heavy atom. The number of carbonyl (C=O) groups is 3. The van der Waals surface area contributed by atoms with Crippen LogP contribution in [0.3, 0.4) is 0 Å². The highest BCUT2D eigenvalue weighted by Gasteiger charge is 2.19. The third-order valence-corrected chi connectivity index (χ3v) is 13.5. The van der Waals surface area contributed by atoms with E-state index in [1.165, 1.54) is 186 Å². The Balaban J connectivity index is 4.36. The van der Waals surface area contributed by atoms with Gasteiger partial charge >= 0.3 is 17.9 Å². The maximum absolute atomic E-state index is 12.9. The fourth-order valence-corrected chi connectivity index (χ4v) is 8.79. The van der Waals surface area contributed by atoms with E-state index in [0.29, 0.717) is 19.3 Å². The number of esters is 3. The summed E-state index contributed by atoms with van der Waals surface area (Å²) in [7, 11) is 0. The van der Waals surface area contributed by atoms with Gasteiger partial charge in [-0.3, -0.25) is 14.4 Å². The van der Waals surface area contributed by atoms with Crippen LogP contribution in [0.25, 0.3) is 0 Å². The van der Waals surface area contributed by atoms with Crippen molar-refractivity contribution in [1.29, 1.82) is 0 Å². The van der Waals surface area contributed by atoms with E-state index in [4.69, 9.17) is 14.2 Å². The molecule has 0 rings (SSSR count). The summed E-state index contributed by atoms with van der Waals surface area (Å²) in [6.45, 7) is 6.61. The second-order valence-corrected chi connectivity index (χ2v) is 20.6. The Morgan fingerprint density at radius 2 is 0.507 bits per heavy atom. The van der Waals surface area contributed by atoms with Gasteiger partial charge in [-0.05, 0) is 109 Å². The van der Waals surface area contributed by atoms with E-state index in [-0.39, 0.29) is 31.1 Å². The normalized spacial score (nSPS) is 12.4. The summed E-state index contributed by atoms with van der Waals surface area (Å²) in [6.07, 6.45) is 75.0. The van der Waals surface area contributed by atoms with Crippen LogP contribution in [0, 0.1) is 0 Å². The van der Waals surface area contributed by atoms with Crippen molar-refractivity contribution in [2.45, 2.75) is 322 Å². The highest BCUT2D eigenvalue weighted by atomic mass is 16.6. The van der Waals surface area contributed by atoms with Crippen molar-refractivity contribution in [2.75, 3.05) is 13.2 Å². The zero-order valence-corrected chi connectivity index (χ0v) is 47.2. The summed E-state index contributed by atoms with van der Waals surface area (Å²) < 4.78 is 16.9. The first-order valence-electron chi connectivity index (χ1n) is 30.8. The zero-order valence-electron chi connectivity index (χ0n) is 47.2. The highest BCUT2D eigenvalue weighted by molar-refractivity contribution is 5.71. The molecule has 0 amide bonds. The lowest BCUT2D eigenvalue weighted by atomic mass is 10.1. The van der Waals surface area contributed by atoms with Gasteiger partial charge in [0.25, 0.3) is 0 Å². The third kappa shape index (κ3) is 57.9. The summed E-state index contributed by atoms with van der Waals surface area (Å²) in [4.78, 5) is 38.2. The number of allylic oxidation sites excluding steroid dienone is 10. The molecule has 0 radical (unpaired) electrons. The van der Waals surface area contributed by atoms with Crippen molar-refractivity contribution in [3.8, 4) is 0 Å². The Hall–Kier alpha value is -2.89. The maximum atomic E-state index is 12.9. The lowest BCUT2D eigenvalue weighted by Gasteiger charge is -2.18. The molecule has 6 nitrogen and oxygen atoms in total. The molecule has 0 fully saturated rings. The molecule has 0 bridgehead atoms. The molecule has 6 heteroatoms. The Labute approximate surface area is 440 Å². The quantitative estimate of drug-likeness (QED) is 0.0261. The minimum atomic E-state index is -0.786. The van der Waals surface area contributed by atoms with Crippen LogP contribution >= 0.6 is 0 Å². The van der Waals surface area contributed by atoms with Crippen LogP contribution in [-0.2, 0) is 28.6 Å². The largest absolute Gasteiger partial charge is 0.462 e. The topological polar surface area (TPSA) is 78.9 Å². The van der Waals surface area contributed by atoms with Crippen molar-refractivity contribution < 1.29 is 28.6 Å². The van der Waals surface area contributed by atoms with Gasteiger partial charge in [-0.15, -0.1) is 0 Å². The van der Waals surface area contributed by atoms with Crippen LogP contribution in [-0.4, -0.2) is 37.2 Å². The number of rotatable bonds is 56. The number of hydrogen-bond acceptors (Lipinski definition) is 6. The second-order valence-electron chi connectivity index (χ2n) is 20.6. The van der Waals surface area contributed by atoms with E-state index in [1.807, 2.05) is 0 Å². The molecule has 1 atom stereocenters. The predicted molar refractivity (Wildman–Crippen MR) is 307 cm³/mol. The third-order valence-electron chi connectivity index (χ3n) is 13.5. The Bertz CT molecular complexity index is 1280. The van der Waals surface area contributed by atoms with Crippen molar-refractivity contribution in [3.63, 3.8) is 0 Å². The molecule has 412 valence electrons.